The van der Waals surface area contributed by atoms with Gasteiger partial charge in [0.2, 0.25) is 0 Å². The number of carboxylic acids is 1. The number of ether oxygens (including phenoxy) is 1. The van der Waals surface area contributed by atoms with Crippen LogP contribution in [0.2, 0.25) is 0 Å². The average molecular weight is 358 g/mol. The molecular weight excluding hydrogens is 341 g/mol. The molecule has 2 saturated heterocycles. The Morgan fingerprint density at radius 2 is 1.87 bits per heavy atom. The minimum atomic E-state index is -1.06. The van der Waals surface area contributed by atoms with Crippen LogP contribution in [0.3, 0.4) is 0 Å². The van der Waals surface area contributed by atoms with Crippen LogP contribution < -0.4 is 0 Å². The molecule has 3 aliphatic rings. The van der Waals surface area contributed by atoms with Crippen LogP contribution in [0.15, 0.2) is 30.3 Å². The molecule has 5 atom stereocenters. The van der Waals surface area contributed by atoms with Crippen molar-refractivity contribution in [3.63, 3.8) is 0 Å². The van der Waals surface area contributed by atoms with Gasteiger partial charge in [-0.3, -0.25) is 4.90 Å². The lowest BCUT2D eigenvalue weighted by atomic mass is 9.74. The third-order valence-corrected chi connectivity index (χ3v) is 5.89. The molecule has 7 heteroatoms. The van der Waals surface area contributed by atoms with Crippen LogP contribution in [0.25, 0.3) is 0 Å². The molecule has 2 unspecified atom stereocenters. The molecule has 23 heavy (non-hydrogen) atoms. The van der Waals surface area contributed by atoms with E-state index in [0.29, 0.717) is 12.8 Å². The maximum absolute atomic E-state index is 12.5. The number of hydrogen-bond donors (Lipinski definition) is 1. The fourth-order valence-electron chi connectivity index (χ4n) is 3.51. The predicted octanol–water partition coefficient (Wildman–Crippen LogP) is 3.09. The number of carbonyl (C=O) groups excluding carboxylic acids is 1. The zero-order valence-electron chi connectivity index (χ0n) is 12.3. The number of carbonyl (C=O) groups is 2. The van der Waals surface area contributed by atoms with Gasteiger partial charge in [0.25, 0.3) is 0 Å². The molecule has 5 nitrogen and oxygen atoms in total. The lowest BCUT2D eigenvalue weighted by Crippen LogP contribution is -2.68. The van der Waals surface area contributed by atoms with Gasteiger partial charge in [0, 0.05) is 5.92 Å². The summed E-state index contributed by atoms with van der Waals surface area (Å²) in [6.07, 6.45) is 0.651. The Morgan fingerprint density at radius 3 is 2.52 bits per heavy atom. The van der Waals surface area contributed by atoms with Crippen LogP contribution >= 0.6 is 23.2 Å². The summed E-state index contributed by atoms with van der Waals surface area (Å²) in [5.41, 5.74) is 0.840. The Balaban J connectivity index is 1.76. The normalized spacial score (nSPS) is 32.6. The summed E-state index contributed by atoms with van der Waals surface area (Å²) in [7, 11) is 0. The van der Waals surface area contributed by atoms with E-state index in [-0.39, 0.29) is 12.5 Å². The zero-order valence-corrected chi connectivity index (χ0v) is 13.8. The summed E-state index contributed by atoms with van der Waals surface area (Å²) in [5.74, 6) is -1.42. The minimum absolute atomic E-state index is 0.0944. The molecule has 0 aromatic heterocycles. The summed E-state index contributed by atoms with van der Waals surface area (Å²) >= 11 is 12.6. The van der Waals surface area contributed by atoms with Gasteiger partial charge in [-0.15, -0.1) is 23.2 Å². The molecule has 1 aromatic rings. The van der Waals surface area contributed by atoms with Gasteiger partial charge in [-0.25, -0.2) is 9.59 Å². The van der Waals surface area contributed by atoms with E-state index >= 15 is 0 Å². The summed E-state index contributed by atoms with van der Waals surface area (Å²) in [4.78, 5) is 25.4. The first-order valence-corrected chi connectivity index (χ1v) is 8.38. The number of fused-ring (bicyclic) bond motifs is 3. The van der Waals surface area contributed by atoms with Gasteiger partial charge in [0.05, 0.1) is 16.8 Å². The van der Waals surface area contributed by atoms with Gasteiger partial charge in [-0.1, -0.05) is 30.3 Å². The van der Waals surface area contributed by atoms with E-state index in [9.17, 15) is 14.7 Å². The number of aliphatic carboxylic acids is 1. The second kappa shape index (κ2) is 6.57. The Labute approximate surface area is 144 Å². The third kappa shape index (κ3) is 3.00. The van der Waals surface area contributed by atoms with Gasteiger partial charge < -0.3 is 9.84 Å². The maximum Gasteiger partial charge on any atom is 0.411 e. The van der Waals surface area contributed by atoms with Crippen molar-refractivity contribution in [2.24, 2.45) is 5.92 Å². The van der Waals surface area contributed by atoms with Crippen LogP contribution in [0.1, 0.15) is 18.4 Å². The molecular formula is C16H17Cl2NO4. The monoisotopic (exact) mass is 357 g/mol. The van der Waals surface area contributed by atoms with E-state index in [1.54, 1.807) is 0 Å². The van der Waals surface area contributed by atoms with Gasteiger partial charge in [-0.05, 0) is 18.4 Å². The number of alkyl halides is 2. The Hall–Kier alpha value is -1.46. The number of benzene rings is 1. The Bertz CT molecular complexity index is 597. The number of halogens is 2. The Kier molecular flexibility index (Phi) is 4.69. The number of carboxylic acid groups (broad SMARTS) is 1. The predicted molar refractivity (Wildman–Crippen MR) is 85.7 cm³/mol. The van der Waals surface area contributed by atoms with Crippen LogP contribution in [-0.4, -0.2) is 44.9 Å². The van der Waals surface area contributed by atoms with Crippen molar-refractivity contribution in [2.75, 3.05) is 0 Å². The highest BCUT2D eigenvalue weighted by atomic mass is 35.5. The molecule has 4 rings (SSSR count). The van der Waals surface area contributed by atoms with E-state index in [2.05, 4.69) is 0 Å². The van der Waals surface area contributed by atoms with E-state index in [1.165, 1.54) is 4.90 Å². The molecule has 1 N–H and O–H groups in total. The smallest absolute Gasteiger partial charge is 0.411 e. The summed E-state index contributed by atoms with van der Waals surface area (Å²) in [5, 5.41) is 8.61. The molecule has 1 saturated carbocycles. The molecule has 2 aliphatic heterocycles. The number of amides is 1. The van der Waals surface area contributed by atoms with Crippen molar-refractivity contribution in [3.05, 3.63) is 35.9 Å². The SMILES string of the molecule is O=C(O)[C@@H]1C2CCC([C@H](Cl)[C@@H]2Cl)N1C(=O)OCc1ccccc1. The van der Waals surface area contributed by atoms with Crippen molar-refractivity contribution in [2.45, 2.75) is 42.3 Å². The second-order valence-electron chi connectivity index (χ2n) is 5.93. The number of piperidine rings is 2. The molecule has 124 valence electrons. The first kappa shape index (κ1) is 16.4. The minimum Gasteiger partial charge on any atom is -0.480 e. The zero-order chi connectivity index (χ0) is 16.6. The fraction of sp³-hybridized carbons (Fsp3) is 0.500. The first-order chi connectivity index (χ1) is 11.0. The molecule has 1 aliphatic carbocycles. The van der Waals surface area contributed by atoms with Crippen LogP contribution in [0.4, 0.5) is 4.79 Å². The summed E-state index contributed by atoms with van der Waals surface area (Å²) < 4.78 is 5.31. The van der Waals surface area contributed by atoms with E-state index in [1.807, 2.05) is 30.3 Å². The maximum atomic E-state index is 12.5. The molecule has 1 amide bonds. The largest absolute Gasteiger partial charge is 0.480 e. The molecule has 0 radical (unpaired) electrons. The van der Waals surface area contributed by atoms with Crippen molar-refractivity contribution < 1.29 is 19.4 Å². The first-order valence-electron chi connectivity index (χ1n) is 7.50. The lowest BCUT2D eigenvalue weighted by Gasteiger charge is -2.53. The molecule has 0 spiro atoms. The topological polar surface area (TPSA) is 66.8 Å². The second-order valence-corrected chi connectivity index (χ2v) is 6.94. The number of hydrogen-bond acceptors (Lipinski definition) is 3. The highest BCUT2D eigenvalue weighted by Crippen LogP contribution is 2.45. The molecule has 3 fully saturated rings. The van der Waals surface area contributed by atoms with Crippen molar-refractivity contribution in [1.29, 1.82) is 0 Å². The quantitative estimate of drug-likeness (QED) is 0.844. The van der Waals surface area contributed by atoms with Gasteiger partial charge >= 0.3 is 12.1 Å². The van der Waals surface area contributed by atoms with Gasteiger partial charge in [-0.2, -0.15) is 0 Å². The average Bonchev–Trinajstić information content (AvgIpc) is 2.56. The van der Waals surface area contributed by atoms with Crippen LogP contribution in [0, 0.1) is 5.92 Å². The summed E-state index contributed by atoms with van der Waals surface area (Å²) in [6.45, 7) is 0.0944. The standard InChI is InChI=1S/C16H17Cl2NO4/c17-12-10-6-7-11(13(12)18)19(14(10)15(20)21)16(22)23-8-9-4-2-1-3-5-9/h1-5,10-14H,6-8H2,(H,20,21)/t10?,11?,12-,13+,14+/m1/s1. The summed E-state index contributed by atoms with van der Waals surface area (Å²) in [6, 6.07) is 7.85. The Morgan fingerprint density at radius 1 is 1.17 bits per heavy atom. The van der Waals surface area contributed by atoms with E-state index in [4.69, 9.17) is 27.9 Å². The van der Waals surface area contributed by atoms with Gasteiger partial charge in [0.15, 0.2) is 0 Å². The van der Waals surface area contributed by atoms with Crippen LogP contribution in [0.5, 0.6) is 0 Å². The third-order valence-electron chi connectivity index (χ3n) is 4.61. The number of rotatable bonds is 3. The van der Waals surface area contributed by atoms with Gasteiger partial charge in [0.1, 0.15) is 12.6 Å². The fourth-order valence-corrected chi connectivity index (χ4v) is 4.38. The van der Waals surface area contributed by atoms with Crippen molar-refractivity contribution >= 4 is 35.3 Å². The van der Waals surface area contributed by atoms with E-state index < -0.39 is 34.9 Å². The van der Waals surface area contributed by atoms with Crippen molar-refractivity contribution in [1.82, 2.24) is 4.90 Å². The van der Waals surface area contributed by atoms with Crippen molar-refractivity contribution in [3.8, 4) is 0 Å². The highest BCUT2D eigenvalue weighted by Gasteiger charge is 2.56. The number of nitrogens with zero attached hydrogens (tertiary/aromatic N) is 1. The lowest BCUT2D eigenvalue weighted by molar-refractivity contribution is -0.150. The molecule has 2 bridgehead atoms. The van der Waals surface area contributed by atoms with Crippen LogP contribution in [-0.2, 0) is 16.1 Å². The molecule has 2 heterocycles. The van der Waals surface area contributed by atoms with E-state index in [0.717, 1.165) is 5.56 Å². The highest BCUT2D eigenvalue weighted by molar-refractivity contribution is 6.31. The molecule has 1 aromatic carbocycles.